The van der Waals surface area contributed by atoms with Gasteiger partial charge in [-0.2, -0.15) is 13.2 Å². The minimum atomic E-state index is -4.71. The van der Waals surface area contributed by atoms with Crippen LogP contribution >= 0.6 is 0 Å². The predicted octanol–water partition coefficient (Wildman–Crippen LogP) is 3.21. The molecule has 0 aliphatic carbocycles. The van der Waals surface area contributed by atoms with Crippen molar-refractivity contribution in [2.24, 2.45) is 0 Å². The molecule has 6 heteroatoms. The standard InChI is InChI=1S/C10H9F4NO/c1-2-16-9(15)7-4-3-6(11)5-8(7)10(12,13)14/h3-5,15H,2H2,1H3. The van der Waals surface area contributed by atoms with Crippen molar-refractivity contribution in [2.45, 2.75) is 13.1 Å². The molecule has 16 heavy (non-hydrogen) atoms. The highest BCUT2D eigenvalue weighted by atomic mass is 19.4. The maximum absolute atomic E-state index is 12.7. The zero-order valence-corrected chi connectivity index (χ0v) is 8.36. The topological polar surface area (TPSA) is 33.1 Å². The van der Waals surface area contributed by atoms with E-state index in [1.54, 1.807) is 6.92 Å². The minimum Gasteiger partial charge on any atom is -0.478 e. The van der Waals surface area contributed by atoms with Crippen molar-refractivity contribution < 1.29 is 22.3 Å². The van der Waals surface area contributed by atoms with Crippen molar-refractivity contribution in [2.75, 3.05) is 6.61 Å². The van der Waals surface area contributed by atoms with E-state index in [2.05, 4.69) is 4.74 Å². The fraction of sp³-hybridized carbons (Fsp3) is 0.300. The third-order valence-electron chi connectivity index (χ3n) is 1.82. The summed E-state index contributed by atoms with van der Waals surface area (Å²) in [6, 6.07) is 2.09. The maximum atomic E-state index is 12.7. The van der Waals surface area contributed by atoms with Crippen LogP contribution in [0.3, 0.4) is 0 Å². The third kappa shape index (κ3) is 2.71. The van der Waals surface area contributed by atoms with Gasteiger partial charge in [-0.3, -0.25) is 5.41 Å². The molecule has 0 radical (unpaired) electrons. The molecule has 0 fully saturated rings. The lowest BCUT2D eigenvalue weighted by Gasteiger charge is -2.13. The van der Waals surface area contributed by atoms with Crippen molar-refractivity contribution in [3.63, 3.8) is 0 Å². The summed E-state index contributed by atoms with van der Waals surface area (Å²) in [7, 11) is 0. The molecule has 0 unspecified atom stereocenters. The Morgan fingerprint density at radius 3 is 2.50 bits per heavy atom. The summed E-state index contributed by atoms with van der Waals surface area (Å²) < 4.78 is 54.9. The van der Waals surface area contributed by atoms with Gasteiger partial charge >= 0.3 is 6.18 Å². The molecule has 1 rings (SSSR count). The Morgan fingerprint density at radius 1 is 1.38 bits per heavy atom. The molecule has 0 heterocycles. The minimum absolute atomic E-state index is 0.0769. The van der Waals surface area contributed by atoms with Crippen LogP contribution < -0.4 is 0 Å². The molecule has 0 saturated carbocycles. The second kappa shape index (κ2) is 4.51. The molecule has 0 atom stereocenters. The molecule has 0 aliphatic rings. The zero-order chi connectivity index (χ0) is 12.3. The number of alkyl halides is 3. The Hall–Kier alpha value is -1.59. The normalized spacial score (nSPS) is 11.3. The largest absolute Gasteiger partial charge is 0.478 e. The number of halogens is 4. The van der Waals surface area contributed by atoms with Gasteiger partial charge in [0.2, 0.25) is 5.90 Å². The van der Waals surface area contributed by atoms with E-state index >= 15 is 0 Å². The van der Waals surface area contributed by atoms with Gasteiger partial charge in [0.15, 0.2) is 0 Å². The van der Waals surface area contributed by atoms with E-state index in [9.17, 15) is 17.6 Å². The predicted molar refractivity (Wildman–Crippen MR) is 49.9 cm³/mol. The van der Waals surface area contributed by atoms with E-state index in [0.29, 0.717) is 6.07 Å². The molecule has 88 valence electrons. The fourth-order valence-electron chi connectivity index (χ4n) is 1.17. The summed E-state index contributed by atoms with van der Waals surface area (Å²) in [5, 5.41) is 7.28. The summed E-state index contributed by atoms with van der Waals surface area (Å²) in [4.78, 5) is 0. The third-order valence-corrected chi connectivity index (χ3v) is 1.82. The number of ether oxygens (including phenoxy) is 1. The zero-order valence-electron chi connectivity index (χ0n) is 8.36. The first kappa shape index (κ1) is 12.5. The highest BCUT2D eigenvalue weighted by Crippen LogP contribution is 2.32. The van der Waals surface area contributed by atoms with Crippen LogP contribution in [0.25, 0.3) is 0 Å². The molecule has 1 aromatic carbocycles. The maximum Gasteiger partial charge on any atom is 0.417 e. The van der Waals surface area contributed by atoms with Crippen LogP contribution in [-0.2, 0) is 10.9 Å². The van der Waals surface area contributed by atoms with Gasteiger partial charge in [-0.25, -0.2) is 4.39 Å². The quantitative estimate of drug-likeness (QED) is 0.476. The number of hydrogen-bond donors (Lipinski definition) is 1. The van der Waals surface area contributed by atoms with Crippen LogP contribution in [0.2, 0.25) is 0 Å². The lowest BCUT2D eigenvalue weighted by atomic mass is 10.1. The fourth-order valence-corrected chi connectivity index (χ4v) is 1.17. The van der Waals surface area contributed by atoms with E-state index in [1.807, 2.05) is 0 Å². The molecular formula is C10H9F4NO. The Balaban J connectivity index is 3.23. The Bertz CT molecular complexity index is 400. The van der Waals surface area contributed by atoms with Gasteiger partial charge in [-0.05, 0) is 25.1 Å². The monoisotopic (exact) mass is 235 g/mol. The van der Waals surface area contributed by atoms with Crippen molar-refractivity contribution in [1.29, 1.82) is 5.41 Å². The second-order valence-corrected chi connectivity index (χ2v) is 2.95. The van der Waals surface area contributed by atoms with Crippen LogP contribution in [0.15, 0.2) is 18.2 Å². The van der Waals surface area contributed by atoms with Gasteiger partial charge < -0.3 is 4.74 Å². The molecular weight excluding hydrogens is 226 g/mol. The van der Waals surface area contributed by atoms with E-state index in [4.69, 9.17) is 5.41 Å². The van der Waals surface area contributed by atoms with E-state index in [-0.39, 0.29) is 6.61 Å². The second-order valence-electron chi connectivity index (χ2n) is 2.95. The van der Waals surface area contributed by atoms with Gasteiger partial charge in [0.1, 0.15) is 5.82 Å². The number of nitrogens with one attached hydrogen (secondary N) is 1. The van der Waals surface area contributed by atoms with Gasteiger partial charge in [0.05, 0.1) is 12.2 Å². The first-order valence-corrected chi connectivity index (χ1v) is 4.44. The molecule has 1 N–H and O–H groups in total. The summed E-state index contributed by atoms with van der Waals surface area (Å²) in [5.41, 5.74) is -1.67. The average Bonchev–Trinajstić information content (AvgIpc) is 2.16. The van der Waals surface area contributed by atoms with Crippen LogP contribution in [0.5, 0.6) is 0 Å². The summed E-state index contributed by atoms with van der Waals surface area (Å²) in [6.45, 7) is 1.62. The Kier molecular flexibility index (Phi) is 3.51. The molecule has 0 saturated heterocycles. The first-order chi connectivity index (χ1) is 7.36. The van der Waals surface area contributed by atoms with Gasteiger partial charge in [0.25, 0.3) is 0 Å². The van der Waals surface area contributed by atoms with Crippen molar-refractivity contribution in [1.82, 2.24) is 0 Å². The van der Waals surface area contributed by atoms with Gasteiger partial charge in [0, 0.05) is 5.56 Å². The van der Waals surface area contributed by atoms with Gasteiger partial charge in [-0.1, -0.05) is 0 Å². The lowest BCUT2D eigenvalue weighted by Crippen LogP contribution is -2.15. The van der Waals surface area contributed by atoms with Gasteiger partial charge in [-0.15, -0.1) is 0 Å². The van der Waals surface area contributed by atoms with Crippen LogP contribution in [0.1, 0.15) is 18.1 Å². The SMILES string of the molecule is CCOC(=N)c1ccc(F)cc1C(F)(F)F. The lowest BCUT2D eigenvalue weighted by molar-refractivity contribution is -0.138. The van der Waals surface area contributed by atoms with Crippen LogP contribution in [-0.4, -0.2) is 12.5 Å². The number of hydrogen-bond acceptors (Lipinski definition) is 2. The molecule has 0 aliphatic heterocycles. The summed E-state index contributed by atoms with van der Waals surface area (Å²) in [5.74, 6) is -1.62. The molecule has 0 spiro atoms. The molecule has 0 aromatic heterocycles. The van der Waals surface area contributed by atoms with Crippen molar-refractivity contribution >= 4 is 5.90 Å². The summed E-state index contributed by atoms with van der Waals surface area (Å²) >= 11 is 0. The molecule has 2 nitrogen and oxygen atoms in total. The average molecular weight is 235 g/mol. The number of rotatable bonds is 2. The van der Waals surface area contributed by atoms with E-state index in [1.165, 1.54) is 0 Å². The summed E-state index contributed by atoms with van der Waals surface area (Å²) in [6.07, 6.45) is -4.71. The van der Waals surface area contributed by atoms with Crippen LogP contribution in [0, 0.1) is 11.2 Å². The Morgan fingerprint density at radius 2 is 2.00 bits per heavy atom. The number of benzene rings is 1. The van der Waals surface area contributed by atoms with E-state index in [0.717, 1.165) is 12.1 Å². The molecule has 0 amide bonds. The van der Waals surface area contributed by atoms with Crippen molar-refractivity contribution in [3.8, 4) is 0 Å². The highest BCUT2D eigenvalue weighted by Gasteiger charge is 2.35. The van der Waals surface area contributed by atoms with E-state index < -0.39 is 29.0 Å². The Labute approximate surface area is 89.4 Å². The first-order valence-electron chi connectivity index (χ1n) is 4.44. The smallest absolute Gasteiger partial charge is 0.417 e. The van der Waals surface area contributed by atoms with Crippen LogP contribution in [0.4, 0.5) is 17.6 Å². The molecule has 0 bridgehead atoms. The molecule has 1 aromatic rings. The highest BCUT2D eigenvalue weighted by molar-refractivity contribution is 5.93. The van der Waals surface area contributed by atoms with Crippen molar-refractivity contribution in [3.05, 3.63) is 35.1 Å².